The number of nitrogens with zero attached hydrogens (tertiary/aromatic N) is 2. The molecule has 0 fully saturated rings. The zero-order valence-corrected chi connectivity index (χ0v) is 16.5. The standard InChI is InChI=1S/C15H22N4OS.HI/c1-10-7-13(11(2)20-10)8-18-15(16-4)17-6-5-14-9-21-12(3)19-14;/h7,9H,5-6,8H2,1-4H3,(H2,16,17,18);1H. The average molecular weight is 434 g/mol. The summed E-state index contributed by atoms with van der Waals surface area (Å²) in [5.41, 5.74) is 2.28. The SMILES string of the molecule is CN=C(NCCc1csc(C)n1)NCc1cc(C)oc1C.I. The Labute approximate surface area is 152 Å². The average Bonchev–Trinajstić information content (AvgIpc) is 2.99. The van der Waals surface area contributed by atoms with Crippen molar-refractivity contribution in [3.63, 3.8) is 0 Å². The van der Waals surface area contributed by atoms with Crippen molar-refractivity contribution >= 4 is 41.3 Å². The van der Waals surface area contributed by atoms with Gasteiger partial charge in [0.2, 0.25) is 0 Å². The number of rotatable bonds is 5. The van der Waals surface area contributed by atoms with Crippen LogP contribution in [-0.4, -0.2) is 24.5 Å². The van der Waals surface area contributed by atoms with Crippen LogP contribution in [0.5, 0.6) is 0 Å². The van der Waals surface area contributed by atoms with E-state index in [0.717, 1.165) is 46.7 Å². The van der Waals surface area contributed by atoms with Crippen LogP contribution in [0.4, 0.5) is 0 Å². The van der Waals surface area contributed by atoms with E-state index in [1.807, 2.05) is 26.8 Å². The molecule has 0 spiro atoms. The third-order valence-electron chi connectivity index (χ3n) is 3.15. The Morgan fingerprint density at radius 1 is 1.32 bits per heavy atom. The highest BCUT2D eigenvalue weighted by Crippen LogP contribution is 2.13. The Bertz CT molecular complexity index is 621. The van der Waals surface area contributed by atoms with Gasteiger partial charge in [0.05, 0.1) is 10.7 Å². The Hall–Kier alpha value is -1.09. The third kappa shape index (κ3) is 5.60. The lowest BCUT2D eigenvalue weighted by Crippen LogP contribution is -2.37. The Morgan fingerprint density at radius 2 is 2.09 bits per heavy atom. The lowest BCUT2D eigenvalue weighted by atomic mass is 10.2. The number of nitrogens with one attached hydrogen (secondary N) is 2. The molecule has 0 aliphatic carbocycles. The minimum Gasteiger partial charge on any atom is -0.466 e. The first kappa shape index (κ1) is 19.0. The van der Waals surface area contributed by atoms with Gasteiger partial charge in [0.25, 0.3) is 0 Å². The van der Waals surface area contributed by atoms with Crippen molar-refractivity contribution < 1.29 is 4.42 Å². The molecule has 0 radical (unpaired) electrons. The molecule has 0 bridgehead atoms. The monoisotopic (exact) mass is 434 g/mol. The van der Waals surface area contributed by atoms with Crippen LogP contribution in [0.2, 0.25) is 0 Å². The molecule has 2 aromatic heterocycles. The molecule has 2 N–H and O–H groups in total. The lowest BCUT2D eigenvalue weighted by molar-refractivity contribution is 0.500. The van der Waals surface area contributed by atoms with Gasteiger partial charge in [-0.3, -0.25) is 4.99 Å². The molecule has 0 amide bonds. The minimum atomic E-state index is 0. The van der Waals surface area contributed by atoms with Crippen LogP contribution in [0.3, 0.4) is 0 Å². The molecule has 0 atom stereocenters. The summed E-state index contributed by atoms with van der Waals surface area (Å²) in [5.74, 6) is 2.68. The summed E-state index contributed by atoms with van der Waals surface area (Å²) in [6.07, 6.45) is 0.898. The highest BCUT2D eigenvalue weighted by molar-refractivity contribution is 14.0. The van der Waals surface area contributed by atoms with Crippen LogP contribution in [0.1, 0.15) is 27.8 Å². The maximum absolute atomic E-state index is 5.51. The van der Waals surface area contributed by atoms with E-state index in [1.165, 1.54) is 0 Å². The summed E-state index contributed by atoms with van der Waals surface area (Å²) in [4.78, 5) is 8.67. The lowest BCUT2D eigenvalue weighted by Gasteiger charge is -2.10. The fraction of sp³-hybridized carbons (Fsp3) is 0.467. The van der Waals surface area contributed by atoms with Crippen LogP contribution in [0.15, 0.2) is 20.9 Å². The molecule has 0 aliphatic rings. The molecule has 0 aliphatic heterocycles. The molecule has 2 heterocycles. The topological polar surface area (TPSA) is 62.5 Å². The predicted molar refractivity (Wildman–Crippen MR) is 102 cm³/mol. The molecule has 0 aromatic carbocycles. The van der Waals surface area contributed by atoms with E-state index < -0.39 is 0 Å². The fourth-order valence-electron chi connectivity index (χ4n) is 2.09. The van der Waals surface area contributed by atoms with E-state index >= 15 is 0 Å². The molecule has 7 heteroatoms. The minimum absolute atomic E-state index is 0. The highest BCUT2D eigenvalue weighted by atomic mass is 127. The zero-order valence-electron chi connectivity index (χ0n) is 13.4. The molecule has 2 rings (SSSR count). The Kier molecular flexibility index (Phi) is 7.88. The van der Waals surface area contributed by atoms with Crippen molar-refractivity contribution in [2.24, 2.45) is 4.99 Å². The van der Waals surface area contributed by atoms with E-state index in [-0.39, 0.29) is 24.0 Å². The number of aryl methyl sites for hydroxylation is 3. The van der Waals surface area contributed by atoms with Gasteiger partial charge < -0.3 is 15.1 Å². The van der Waals surface area contributed by atoms with Gasteiger partial charge in [-0.15, -0.1) is 35.3 Å². The van der Waals surface area contributed by atoms with E-state index in [2.05, 4.69) is 26.0 Å². The largest absolute Gasteiger partial charge is 0.466 e. The molecule has 0 unspecified atom stereocenters. The maximum atomic E-state index is 5.51. The number of halogens is 1. The Morgan fingerprint density at radius 3 is 2.64 bits per heavy atom. The highest BCUT2D eigenvalue weighted by Gasteiger charge is 2.05. The van der Waals surface area contributed by atoms with Gasteiger partial charge in [-0.05, 0) is 26.8 Å². The van der Waals surface area contributed by atoms with Crippen molar-refractivity contribution in [1.29, 1.82) is 0 Å². The maximum Gasteiger partial charge on any atom is 0.191 e. The van der Waals surface area contributed by atoms with Crippen molar-refractivity contribution in [3.05, 3.63) is 39.2 Å². The first-order chi connectivity index (χ1) is 10.1. The van der Waals surface area contributed by atoms with Gasteiger partial charge in [0.15, 0.2) is 5.96 Å². The molecule has 122 valence electrons. The number of aliphatic imine (C=N–C) groups is 1. The van der Waals surface area contributed by atoms with Crippen molar-refractivity contribution in [2.45, 2.75) is 33.7 Å². The number of hydrogen-bond donors (Lipinski definition) is 2. The molecule has 0 saturated carbocycles. The third-order valence-corrected chi connectivity index (χ3v) is 3.98. The van der Waals surface area contributed by atoms with Crippen molar-refractivity contribution in [2.75, 3.05) is 13.6 Å². The second-order valence-corrected chi connectivity index (χ2v) is 5.96. The molecule has 2 aromatic rings. The van der Waals surface area contributed by atoms with Crippen LogP contribution in [0.25, 0.3) is 0 Å². The smallest absolute Gasteiger partial charge is 0.191 e. The number of guanidine groups is 1. The molecular weight excluding hydrogens is 411 g/mol. The summed E-state index contributed by atoms with van der Waals surface area (Å²) >= 11 is 1.69. The molecule has 5 nitrogen and oxygen atoms in total. The predicted octanol–water partition coefficient (Wildman–Crippen LogP) is 3.19. The van der Waals surface area contributed by atoms with E-state index in [0.29, 0.717) is 6.54 Å². The number of furan rings is 1. The Balaban J connectivity index is 0.00000242. The van der Waals surface area contributed by atoms with E-state index in [9.17, 15) is 0 Å². The molecular formula is C15H23IN4OS. The number of thiazole rings is 1. The van der Waals surface area contributed by atoms with Gasteiger partial charge in [0.1, 0.15) is 11.5 Å². The summed E-state index contributed by atoms with van der Waals surface area (Å²) in [6.45, 7) is 7.48. The van der Waals surface area contributed by atoms with Gasteiger partial charge in [0, 0.05) is 37.5 Å². The van der Waals surface area contributed by atoms with Gasteiger partial charge in [-0.2, -0.15) is 0 Å². The molecule has 0 saturated heterocycles. The summed E-state index contributed by atoms with van der Waals surface area (Å²) in [7, 11) is 1.77. The first-order valence-corrected chi connectivity index (χ1v) is 7.88. The van der Waals surface area contributed by atoms with Gasteiger partial charge in [-0.1, -0.05) is 0 Å². The fourth-order valence-corrected chi connectivity index (χ4v) is 2.74. The van der Waals surface area contributed by atoms with Crippen LogP contribution < -0.4 is 10.6 Å². The van der Waals surface area contributed by atoms with Gasteiger partial charge in [-0.25, -0.2) is 4.98 Å². The van der Waals surface area contributed by atoms with Gasteiger partial charge >= 0.3 is 0 Å². The van der Waals surface area contributed by atoms with E-state index in [1.54, 1.807) is 18.4 Å². The number of aromatic nitrogens is 1. The van der Waals surface area contributed by atoms with E-state index in [4.69, 9.17) is 4.42 Å². The second kappa shape index (κ2) is 9.14. The quantitative estimate of drug-likeness (QED) is 0.431. The van der Waals surface area contributed by atoms with Crippen molar-refractivity contribution in [3.8, 4) is 0 Å². The normalized spacial score (nSPS) is 11.2. The van der Waals surface area contributed by atoms with Crippen LogP contribution in [0, 0.1) is 20.8 Å². The second-order valence-electron chi connectivity index (χ2n) is 4.90. The zero-order chi connectivity index (χ0) is 15.2. The summed E-state index contributed by atoms with van der Waals surface area (Å²) < 4.78 is 5.51. The molecule has 22 heavy (non-hydrogen) atoms. The summed E-state index contributed by atoms with van der Waals surface area (Å²) in [6, 6.07) is 2.05. The van der Waals surface area contributed by atoms with Crippen LogP contribution in [-0.2, 0) is 13.0 Å². The van der Waals surface area contributed by atoms with Crippen molar-refractivity contribution in [1.82, 2.24) is 15.6 Å². The first-order valence-electron chi connectivity index (χ1n) is 7.00. The number of hydrogen-bond acceptors (Lipinski definition) is 4. The summed E-state index contributed by atoms with van der Waals surface area (Å²) in [5, 5.41) is 9.80. The van der Waals surface area contributed by atoms with Crippen LogP contribution >= 0.6 is 35.3 Å².